The molecule has 1 unspecified atom stereocenters. The second-order valence-corrected chi connectivity index (χ2v) is 5.13. The fraction of sp³-hybridized carbons (Fsp3) is 0.600. The minimum atomic E-state index is 0.609. The average Bonchev–Trinajstić information content (AvgIpc) is 2.25. The molecule has 1 aliphatic carbocycles. The maximum atomic E-state index is 3.59. The summed E-state index contributed by atoms with van der Waals surface area (Å²) in [6, 6.07) is 9.46. The zero-order chi connectivity index (χ0) is 11.4. The zero-order valence-electron chi connectivity index (χ0n) is 10.5. The Kier molecular flexibility index (Phi) is 3.87. The van der Waals surface area contributed by atoms with E-state index in [-0.39, 0.29) is 0 Å². The topological polar surface area (TPSA) is 12.0 Å². The number of nitrogens with one attached hydrogen (secondary N) is 1. The van der Waals surface area contributed by atoms with Gasteiger partial charge in [-0.2, -0.15) is 0 Å². The molecule has 0 aliphatic heterocycles. The second-order valence-electron chi connectivity index (χ2n) is 5.13. The van der Waals surface area contributed by atoms with Crippen LogP contribution in [-0.4, -0.2) is 6.04 Å². The molecule has 1 aromatic carbocycles. The lowest BCUT2D eigenvalue weighted by molar-refractivity contribution is 0.286. The standard InChI is InChI=1S/C15H23N/c1-3-13-7-9-15(10-8-13)16-12(2)11-14-5-4-6-14/h7-10,12,14,16H,3-6,11H2,1-2H3. The largest absolute Gasteiger partial charge is 0.383 e. The van der Waals surface area contributed by atoms with Crippen molar-refractivity contribution in [3.63, 3.8) is 0 Å². The third-order valence-corrected chi connectivity index (χ3v) is 3.69. The Morgan fingerprint density at radius 3 is 2.44 bits per heavy atom. The Balaban J connectivity index is 1.82. The summed E-state index contributed by atoms with van der Waals surface area (Å²) in [7, 11) is 0. The van der Waals surface area contributed by atoms with Crippen LogP contribution in [0, 0.1) is 5.92 Å². The normalized spacial score (nSPS) is 17.9. The van der Waals surface area contributed by atoms with E-state index in [0.29, 0.717) is 6.04 Å². The molecule has 1 nitrogen and oxygen atoms in total. The summed E-state index contributed by atoms with van der Waals surface area (Å²) in [6.07, 6.45) is 6.79. The first-order valence-corrected chi connectivity index (χ1v) is 6.63. The Bertz CT molecular complexity index is 311. The van der Waals surface area contributed by atoms with E-state index < -0.39 is 0 Å². The van der Waals surface area contributed by atoms with Crippen LogP contribution in [-0.2, 0) is 6.42 Å². The van der Waals surface area contributed by atoms with Gasteiger partial charge in [-0.05, 0) is 43.4 Å². The van der Waals surface area contributed by atoms with Gasteiger partial charge in [0.1, 0.15) is 0 Å². The highest BCUT2D eigenvalue weighted by atomic mass is 14.9. The van der Waals surface area contributed by atoms with Gasteiger partial charge in [0.05, 0.1) is 0 Å². The van der Waals surface area contributed by atoms with Crippen LogP contribution in [0.3, 0.4) is 0 Å². The van der Waals surface area contributed by atoms with E-state index in [9.17, 15) is 0 Å². The van der Waals surface area contributed by atoms with E-state index in [0.717, 1.165) is 12.3 Å². The third kappa shape index (κ3) is 3.01. The smallest absolute Gasteiger partial charge is 0.0342 e. The van der Waals surface area contributed by atoms with Crippen LogP contribution in [0.5, 0.6) is 0 Å². The van der Waals surface area contributed by atoms with E-state index in [1.165, 1.54) is 36.9 Å². The highest BCUT2D eigenvalue weighted by molar-refractivity contribution is 5.45. The summed E-state index contributed by atoms with van der Waals surface area (Å²) in [5, 5.41) is 3.59. The van der Waals surface area contributed by atoms with Crippen molar-refractivity contribution >= 4 is 5.69 Å². The van der Waals surface area contributed by atoms with Gasteiger partial charge in [0, 0.05) is 11.7 Å². The maximum Gasteiger partial charge on any atom is 0.0342 e. The number of aryl methyl sites for hydroxylation is 1. The van der Waals surface area contributed by atoms with Crippen LogP contribution in [0.4, 0.5) is 5.69 Å². The first-order valence-electron chi connectivity index (χ1n) is 6.63. The van der Waals surface area contributed by atoms with Crippen molar-refractivity contribution < 1.29 is 0 Å². The molecule has 88 valence electrons. The van der Waals surface area contributed by atoms with Crippen molar-refractivity contribution in [2.75, 3.05) is 5.32 Å². The fourth-order valence-electron chi connectivity index (χ4n) is 2.41. The highest BCUT2D eigenvalue weighted by Crippen LogP contribution is 2.31. The van der Waals surface area contributed by atoms with Gasteiger partial charge in [0.2, 0.25) is 0 Å². The number of anilines is 1. The van der Waals surface area contributed by atoms with Gasteiger partial charge in [-0.15, -0.1) is 0 Å². The molecule has 0 spiro atoms. The minimum Gasteiger partial charge on any atom is -0.383 e. The molecule has 1 aliphatic rings. The van der Waals surface area contributed by atoms with Crippen LogP contribution in [0.15, 0.2) is 24.3 Å². The first kappa shape index (κ1) is 11.5. The van der Waals surface area contributed by atoms with Crippen LogP contribution < -0.4 is 5.32 Å². The van der Waals surface area contributed by atoms with Crippen molar-refractivity contribution in [3.05, 3.63) is 29.8 Å². The second kappa shape index (κ2) is 5.38. The Morgan fingerprint density at radius 1 is 1.25 bits per heavy atom. The number of hydrogen-bond donors (Lipinski definition) is 1. The fourth-order valence-corrected chi connectivity index (χ4v) is 2.41. The molecular formula is C15H23N. The molecule has 1 atom stereocenters. The van der Waals surface area contributed by atoms with Crippen molar-refractivity contribution in [2.45, 2.75) is 52.0 Å². The third-order valence-electron chi connectivity index (χ3n) is 3.69. The van der Waals surface area contributed by atoms with E-state index in [1.807, 2.05) is 0 Å². The average molecular weight is 217 g/mol. The molecular weight excluding hydrogens is 194 g/mol. The molecule has 0 heterocycles. The minimum absolute atomic E-state index is 0.609. The molecule has 1 heteroatoms. The summed E-state index contributed by atoms with van der Waals surface area (Å²) in [5.41, 5.74) is 2.68. The van der Waals surface area contributed by atoms with Crippen LogP contribution >= 0.6 is 0 Å². The molecule has 1 aromatic rings. The molecule has 1 fully saturated rings. The van der Waals surface area contributed by atoms with Gasteiger partial charge < -0.3 is 5.32 Å². The van der Waals surface area contributed by atoms with Gasteiger partial charge in [-0.3, -0.25) is 0 Å². The van der Waals surface area contributed by atoms with Gasteiger partial charge in [0.25, 0.3) is 0 Å². The maximum absolute atomic E-state index is 3.59. The monoisotopic (exact) mass is 217 g/mol. The molecule has 0 saturated heterocycles. The molecule has 1 N–H and O–H groups in total. The van der Waals surface area contributed by atoms with Crippen LogP contribution in [0.25, 0.3) is 0 Å². The lowest BCUT2D eigenvalue weighted by Crippen LogP contribution is -2.23. The number of benzene rings is 1. The van der Waals surface area contributed by atoms with Gasteiger partial charge >= 0.3 is 0 Å². The Hall–Kier alpha value is -0.980. The van der Waals surface area contributed by atoms with Crippen molar-refractivity contribution in [2.24, 2.45) is 5.92 Å². The van der Waals surface area contributed by atoms with Gasteiger partial charge in [-0.1, -0.05) is 38.3 Å². The van der Waals surface area contributed by atoms with Crippen LogP contribution in [0.1, 0.15) is 45.1 Å². The van der Waals surface area contributed by atoms with Crippen molar-refractivity contribution in [1.82, 2.24) is 0 Å². The molecule has 1 saturated carbocycles. The SMILES string of the molecule is CCc1ccc(NC(C)CC2CCC2)cc1. The summed E-state index contributed by atoms with van der Waals surface area (Å²) in [5.74, 6) is 0.984. The van der Waals surface area contributed by atoms with Crippen molar-refractivity contribution in [1.29, 1.82) is 0 Å². The predicted octanol–water partition coefficient (Wildman–Crippen LogP) is 4.24. The molecule has 0 aromatic heterocycles. The molecule has 16 heavy (non-hydrogen) atoms. The van der Waals surface area contributed by atoms with Crippen LogP contribution in [0.2, 0.25) is 0 Å². The predicted molar refractivity (Wildman–Crippen MR) is 70.9 cm³/mol. The summed E-state index contributed by atoms with van der Waals surface area (Å²) in [4.78, 5) is 0. The van der Waals surface area contributed by atoms with Gasteiger partial charge in [-0.25, -0.2) is 0 Å². The number of rotatable bonds is 5. The van der Waals surface area contributed by atoms with E-state index in [1.54, 1.807) is 0 Å². The quantitative estimate of drug-likeness (QED) is 0.778. The molecule has 0 bridgehead atoms. The number of hydrogen-bond acceptors (Lipinski definition) is 1. The highest BCUT2D eigenvalue weighted by Gasteiger charge is 2.19. The summed E-state index contributed by atoms with van der Waals surface area (Å²) >= 11 is 0. The Labute approximate surface area is 99.3 Å². The van der Waals surface area contributed by atoms with Gasteiger partial charge in [0.15, 0.2) is 0 Å². The first-order chi connectivity index (χ1) is 7.78. The Morgan fingerprint density at radius 2 is 1.94 bits per heavy atom. The summed E-state index contributed by atoms with van der Waals surface area (Å²) < 4.78 is 0. The molecule has 0 radical (unpaired) electrons. The molecule has 0 amide bonds. The zero-order valence-corrected chi connectivity index (χ0v) is 10.5. The molecule has 2 rings (SSSR count). The lowest BCUT2D eigenvalue weighted by Gasteiger charge is -2.28. The van der Waals surface area contributed by atoms with E-state index in [4.69, 9.17) is 0 Å². The van der Waals surface area contributed by atoms with Crippen molar-refractivity contribution in [3.8, 4) is 0 Å². The lowest BCUT2D eigenvalue weighted by atomic mass is 9.81. The van der Waals surface area contributed by atoms with E-state index >= 15 is 0 Å². The summed E-state index contributed by atoms with van der Waals surface area (Å²) in [6.45, 7) is 4.49. The van der Waals surface area contributed by atoms with E-state index in [2.05, 4.69) is 43.4 Å².